The number of hydrogen-bond acceptors (Lipinski definition) is 7. The number of nitrogens with zero attached hydrogens (tertiary/aromatic N) is 3. The molecule has 0 bridgehead atoms. The quantitative estimate of drug-likeness (QED) is 0.333. The Kier molecular flexibility index (Phi) is 10.6. The van der Waals surface area contributed by atoms with Crippen molar-refractivity contribution in [2.24, 2.45) is 0 Å². The Hall–Kier alpha value is -4.42. The number of carbonyl (C=O) groups excluding carboxylic acids is 4. The molecule has 2 fully saturated rings. The standard InChI is InChI=1S/C27H33F2N5O6/c1-4-7-8-18(5-2)25(36)30-16-23(35)32-9-11-33(12-10-32)24-21(28)13-19(14-22(24)29)34-17-20(40-27(34)38)15-31-26(37)39-6-3/h4-5,7-8,13-14,20H,2,6,9-12,15-17H2,1,3H3,(H,30,36)(H,31,37)/b7-4-,18-8+/t20-/m0/s1. The van der Waals surface area contributed by atoms with Gasteiger partial charge >= 0.3 is 12.2 Å². The first-order valence-electron chi connectivity index (χ1n) is 12.8. The minimum atomic E-state index is -0.868. The monoisotopic (exact) mass is 561 g/mol. The van der Waals surface area contributed by atoms with Crippen LogP contribution in [0.5, 0.6) is 0 Å². The lowest BCUT2D eigenvalue weighted by Gasteiger charge is -2.36. The van der Waals surface area contributed by atoms with Crippen LogP contribution in [0.25, 0.3) is 0 Å². The highest BCUT2D eigenvalue weighted by Gasteiger charge is 2.34. The van der Waals surface area contributed by atoms with Crippen LogP contribution in [0.3, 0.4) is 0 Å². The summed E-state index contributed by atoms with van der Waals surface area (Å²) in [6.45, 7) is 7.71. The summed E-state index contributed by atoms with van der Waals surface area (Å²) < 4.78 is 40.1. The molecule has 216 valence electrons. The van der Waals surface area contributed by atoms with E-state index in [0.29, 0.717) is 5.57 Å². The van der Waals surface area contributed by atoms with Gasteiger partial charge in [-0.15, -0.1) is 0 Å². The first-order valence-corrected chi connectivity index (χ1v) is 12.8. The number of benzene rings is 1. The summed E-state index contributed by atoms with van der Waals surface area (Å²) in [6.07, 6.45) is 4.23. The highest BCUT2D eigenvalue weighted by Crippen LogP contribution is 2.31. The Morgan fingerprint density at radius 1 is 1.15 bits per heavy atom. The fraction of sp³-hybridized carbons (Fsp3) is 0.407. The summed E-state index contributed by atoms with van der Waals surface area (Å²) in [5.74, 6) is -2.49. The van der Waals surface area contributed by atoms with Gasteiger partial charge < -0.3 is 29.9 Å². The molecule has 0 aromatic heterocycles. The molecule has 1 aromatic carbocycles. The first kappa shape index (κ1) is 30.1. The number of ether oxygens (including phenoxy) is 2. The summed E-state index contributed by atoms with van der Waals surface area (Å²) in [5.41, 5.74) is 0.0347. The van der Waals surface area contributed by atoms with Gasteiger partial charge in [0.15, 0.2) is 11.6 Å². The van der Waals surface area contributed by atoms with Crippen LogP contribution in [-0.2, 0) is 19.1 Å². The number of alkyl carbamates (subject to hydrolysis) is 1. The second-order valence-corrected chi connectivity index (χ2v) is 8.88. The maximum absolute atomic E-state index is 15.1. The zero-order chi connectivity index (χ0) is 29.2. The van der Waals surface area contributed by atoms with Crippen LogP contribution in [-0.4, -0.2) is 87.4 Å². The van der Waals surface area contributed by atoms with Crippen LogP contribution in [0.1, 0.15) is 13.8 Å². The third kappa shape index (κ3) is 7.58. The molecule has 0 radical (unpaired) electrons. The number of hydrogen-bond donors (Lipinski definition) is 2. The number of cyclic esters (lactones) is 1. The number of anilines is 2. The lowest BCUT2D eigenvalue weighted by molar-refractivity contribution is -0.132. The lowest BCUT2D eigenvalue weighted by atomic mass is 10.2. The normalized spacial score (nSPS) is 17.6. The molecule has 0 unspecified atom stereocenters. The minimum Gasteiger partial charge on any atom is -0.450 e. The van der Waals surface area contributed by atoms with E-state index in [1.807, 2.05) is 0 Å². The van der Waals surface area contributed by atoms with Crippen molar-refractivity contribution in [3.8, 4) is 0 Å². The topological polar surface area (TPSA) is 121 Å². The molecular formula is C27H33F2N5O6. The Bertz CT molecular complexity index is 1170. The highest BCUT2D eigenvalue weighted by molar-refractivity contribution is 5.98. The van der Waals surface area contributed by atoms with Crippen molar-refractivity contribution in [1.29, 1.82) is 0 Å². The van der Waals surface area contributed by atoms with Crippen LogP contribution in [0, 0.1) is 11.6 Å². The van der Waals surface area contributed by atoms with Crippen molar-refractivity contribution in [1.82, 2.24) is 15.5 Å². The fourth-order valence-corrected chi connectivity index (χ4v) is 4.21. The second-order valence-electron chi connectivity index (χ2n) is 8.88. The van der Waals surface area contributed by atoms with Crippen LogP contribution >= 0.6 is 0 Å². The van der Waals surface area contributed by atoms with Gasteiger partial charge in [-0.25, -0.2) is 18.4 Å². The summed E-state index contributed by atoms with van der Waals surface area (Å²) in [4.78, 5) is 52.6. The third-order valence-corrected chi connectivity index (χ3v) is 6.24. The van der Waals surface area contributed by atoms with Crippen molar-refractivity contribution >= 4 is 35.4 Å². The van der Waals surface area contributed by atoms with Gasteiger partial charge in [0, 0.05) is 43.9 Å². The Morgan fingerprint density at radius 3 is 2.42 bits per heavy atom. The molecule has 40 heavy (non-hydrogen) atoms. The van der Waals surface area contributed by atoms with E-state index in [-0.39, 0.29) is 69.7 Å². The largest absolute Gasteiger partial charge is 0.450 e. The number of nitrogens with one attached hydrogen (secondary N) is 2. The number of halogens is 2. The van der Waals surface area contributed by atoms with Crippen LogP contribution < -0.4 is 20.4 Å². The summed E-state index contributed by atoms with van der Waals surface area (Å²) in [7, 11) is 0. The smallest absolute Gasteiger partial charge is 0.414 e. The van der Waals surface area contributed by atoms with Gasteiger partial charge in [-0.2, -0.15) is 0 Å². The predicted molar refractivity (Wildman–Crippen MR) is 144 cm³/mol. The average molecular weight is 562 g/mol. The maximum Gasteiger partial charge on any atom is 0.414 e. The number of allylic oxidation sites excluding steroid dienone is 3. The van der Waals surface area contributed by atoms with Crippen LogP contribution in [0.2, 0.25) is 0 Å². The third-order valence-electron chi connectivity index (χ3n) is 6.24. The van der Waals surface area contributed by atoms with E-state index < -0.39 is 35.8 Å². The van der Waals surface area contributed by atoms with E-state index in [1.165, 1.54) is 15.9 Å². The van der Waals surface area contributed by atoms with Gasteiger partial charge in [0.2, 0.25) is 5.91 Å². The van der Waals surface area contributed by atoms with E-state index in [4.69, 9.17) is 9.47 Å². The molecule has 3 rings (SSSR count). The Labute approximate surface area is 231 Å². The molecule has 1 atom stereocenters. The fourth-order valence-electron chi connectivity index (χ4n) is 4.21. The molecule has 0 saturated carbocycles. The summed E-state index contributed by atoms with van der Waals surface area (Å²) >= 11 is 0. The van der Waals surface area contributed by atoms with E-state index in [2.05, 4.69) is 17.2 Å². The van der Waals surface area contributed by atoms with Gasteiger partial charge in [-0.1, -0.05) is 24.8 Å². The zero-order valence-corrected chi connectivity index (χ0v) is 22.5. The van der Waals surface area contributed by atoms with Crippen molar-refractivity contribution in [2.75, 3.05) is 62.2 Å². The molecule has 1 aromatic rings. The SMILES string of the molecule is C=C/C(=C\C=C/C)C(=O)NCC(=O)N1CCN(c2c(F)cc(N3C[C@H](CNC(=O)OCC)OC3=O)cc2F)CC1. The van der Waals surface area contributed by atoms with E-state index in [1.54, 1.807) is 32.1 Å². The van der Waals surface area contributed by atoms with Gasteiger partial charge in [-0.3, -0.25) is 14.5 Å². The minimum absolute atomic E-state index is 0.0137. The second kappa shape index (κ2) is 14.1. The van der Waals surface area contributed by atoms with Gasteiger partial charge in [0.1, 0.15) is 11.8 Å². The van der Waals surface area contributed by atoms with E-state index >= 15 is 8.78 Å². The predicted octanol–water partition coefficient (Wildman–Crippen LogP) is 2.49. The molecule has 2 aliphatic heterocycles. The first-order chi connectivity index (χ1) is 19.2. The van der Waals surface area contributed by atoms with Gasteiger partial charge in [0.25, 0.3) is 5.91 Å². The summed E-state index contributed by atoms with van der Waals surface area (Å²) in [5, 5.41) is 5.01. The average Bonchev–Trinajstić information content (AvgIpc) is 3.31. The Balaban J connectivity index is 1.56. The van der Waals surface area contributed by atoms with Crippen molar-refractivity contribution in [3.63, 3.8) is 0 Å². The molecule has 4 amide bonds. The Morgan fingerprint density at radius 2 is 1.82 bits per heavy atom. The zero-order valence-electron chi connectivity index (χ0n) is 22.5. The van der Waals surface area contributed by atoms with E-state index in [9.17, 15) is 19.2 Å². The number of rotatable bonds is 10. The van der Waals surface area contributed by atoms with Crippen molar-refractivity contribution < 1.29 is 37.4 Å². The molecule has 11 nitrogen and oxygen atoms in total. The number of piperazine rings is 1. The maximum atomic E-state index is 15.1. The molecular weight excluding hydrogens is 528 g/mol. The molecule has 2 saturated heterocycles. The molecule has 0 spiro atoms. The number of carbonyl (C=O) groups is 4. The number of amides is 4. The summed E-state index contributed by atoms with van der Waals surface area (Å²) in [6, 6.07) is 2.10. The molecule has 2 aliphatic rings. The van der Waals surface area contributed by atoms with Crippen molar-refractivity contribution in [2.45, 2.75) is 20.0 Å². The van der Waals surface area contributed by atoms with Crippen LogP contribution in [0.4, 0.5) is 29.7 Å². The lowest BCUT2D eigenvalue weighted by Crippen LogP contribution is -2.51. The van der Waals surface area contributed by atoms with E-state index in [0.717, 1.165) is 17.0 Å². The van der Waals surface area contributed by atoms with Crippen molar-refractivity contribution in [3.05, 3.63) is 60.2 Å². The van der Waals surface area contributed by atoms with Gasteiger partial charge in [-0.05, 0) is 19.9 Å². The highest BCUT2D eigenvalue weighted by atomic mass is 19.1. The molecule has 2 N–H and O–H groups in total. The molecule has 2 heterocycles. The van der Waals surface area contributed by atoms with Gasteiger partial charge in [0.05, 0.1) is 31.9 Å². The molecule has 13 heteroatoms. The molecule has 0 aliphatic carbocycles. The van der Waals surface area contributed by atoms with Crippen LogP contribution in [0.15, 0.2) is 48.6 Å².